The van der Waals surface area contributed by atoms with E-state index in [-0.39, 0.29) is 11.9 Å². The number of benzene rings is 1. The molecule has 1 aromatic carbocycles. The first-order valence-corrected chi connectivity index (χ1v) is 5.90. The molecule has 2 nitrogen and oxygen atoms in total. The van der Waals surface area contributed by atoms with E-state index in [4.69, 9.17) is 5.73 Å². The molecular formula is C13H21FN2. The number of halogens is 1. The van der Waals surface area contributed by atoms with Gasteiger partial charge in [-0.3, -0.25) is 0 Å². The molecule has 1 unspecified atom stereocenters. The molecule has 0 heterocycles. The van der Waals surface area contributed by atoms with E-state index in [2.05, 4.69) is 18.7 Å². The Hall–Kier alpha value is -0.930. The van der Waals surface area contributed by atoms with E-state index in [0.717, 1.165) is 31.6 Å². The van der Waals surface area contributed by atoms with Crippen molar-refractivity contribution in [3.8, 4) is 0 Å². The molecule has 1 atom stereocenters. The minimum Gasteiger partial charge on any atom is -0.324 e. The summed E-state index contributed by atoms with van der Waals surface area (Å²) in [5, 5.41) is 0. The molecular weight excluding hydrogens is 203 g/mol. The van der Waals surface area contributed by atoms with E-state index < -0.39 is 0 Å². The predicted octanol–water partition coefficient (Wildman–Crippen LogP) is 2.56. The summed E-state index contributed by atoms with van der Waals surface area (Å²) in [4.78, 5) is 2.32. The van der Waals surface area contributed by atoms with Crippen molar-refractivity contribution >= 4 is 0 Å². The molecule has 90 valence electrons. The van der Waals surface area contributed by atoms with Gasteiger partial charge in [0.1, 0.15) is 5.82 Å². The number of nitrogens with zero attached hydrogens (tertiary/aromatic N) is 1. The van der Waals surface area contributed by atoms with Crippen molar-refractivity contribution in [1.29, 1.82) is 0 Å². The Labute approximate surface area is 97.3 Å². The van der Waals surface area contributed by atoms with Gasteiger partial charge in [-0.15, -0.1) is 0 Å². The fourth-order valence-electron chi connectivity index (χ4n) is 1.77. The second kappa shape index (κ2) is 6.61. The Bertz CT molecular complexity index is 311. The zero-order valence-corrected chi connectivity index (χ0v) is 10.1. The number of rotatable bonds is 6. The zero-order valence-electron chi connectivity index (χ0n) is 10.1. The summed E-state index contributed by atoms with van der Waals surface area (Å²) in [5.74, 6) is -0.212. The van der Waals surface area contributed by atoms with Crippen LogP contribution in [0.1, 0.15) is 31.9 Å². The van der Waals surface area contributed by atoms with Crippen LogP contribution in [-0.4, -0.2) is 24.5 Å². The third-order valence-corrected chi connectivity index (χ3v) is 2.93. The molecule has 0 amide bonds. The van der Waals surface area contributed by atoms with Crippen LogP contribution in [0, 0.1) is 5.82 Å². The van der Waals surface area contributed by atoms with E-state index in [1.165, 1.54) is 12.1 Å². The van der Waals surface area contributed by atoms with Crippen molar-refractivity contribution in [3.63, 3.8) is 0 Å². The lowest BCUT2D eigenvalue weighted by atomic mass is 10.0. The highest BCUT2D eigenvalue weighted by Crippen LogP contribution is 2.15. The fourth-order valence-corrected chi connectivity index (χ4v) is 1.77. The molecule has 2 N–H and O–H groups in total. The van der Waals surface area contributed by atoms with E-state index in [9.17, 15) is 4.39 Å². The van der Waals surface area contributed by atoms with Gasteiger partial charge in [-0.1, -0.05) is 26.0 Å². The van der Waals surface area contributed by atoms with Crippen LogP contribution in [0.2, 0.25) is 0 Å². The Kier molecular flexibility index (Phi) is 5.43. The molecule has 0 fully saturated rings. The normalized spacial score (nSPS) is 13.1. The van der Waals surface area contributed by atoms with Gasteiger partial charge in [0.2, 0.25) is 0 Å². The molecule has 0 aliphatic rings. The lowest BCUT2D eigenvalue weighted by molar-refractivity contribution is 0.290. The first kappa shape index (κ1) is 13.1. The summed E-state index contributed by atoms with van der Waals surface area (Å²) in [6, 6.07) is 6.49. The second-order valence-electron chi connectivity index (χ2n) is 3.98. The predicted molar refractivity (Wildman–Crippen MR) is 65.7 cm³/mol. The topological polar surface area (TPSA) is 29.3 Å². The first-order chi connectivity index (χ1) is 7.67. The van der Waals surface area contributed by atoms with Crippen molar-refractivity contribution in [2.75, 3.05) is 19.6 Å². The van der Waals surface area contributed by atoms with Crippen LogP contribution in [0.5, 0.6) is 0 Å². The molecule has 1 aromatic rings. The van der Waals surface area contributed by atoms with E-state index in [1.54, 1.807) is 6.07 Å². The minimum atomic E-state index is -0.212. The van der Waals surface area contributed by atoms with Crippen LogP contribution in [0.4, 0.5) is 4.39 Å². The SMILES string of the molecule is CCN(CC)CCC(N)c1cccc(F)c1. The fraction of sp³-hybridized carbons (Fsp3) is 0.538. The van der Waals surface area contributed by atoms with Crippen molar-refractivity contribution in [3.05, 3.63) is 35.6 Å². The molecule has 16 heavy (non-hydrogen) atoms. The highest BCUT2D eigenvalue weighted by Gasteiger charge is 2.08. The van der Waals surface area contributed by atoms with Gasteiger partial charge in [0.15, 0.2) is 0 Å². The lowest BCUT2D eigenvalue weighted by Crippen LogP contribution is -2.27. The highest BCUT2D eigenvalue weighted by molar-refractivity contribution is 5.19. The Morgan fingerprint density at radius 1 is 1.31 bits per heavy atom. The Morgan fingerprint density at radius 2 is 2.00 bits per heavy atom. The first-order valence-electron chi connectivity index (χ1n) is 5.90. The third-order valence-electron chi connectivity index (χ3n) is 2.93. The summed E-state index contributed by atoms with van der Waals surface area (Å²) >= 11 is 0. The zero-order chi connectivity index (χ0) is 12.0. The monoisotopic (exact) mass is 224 g/mol. The van der Waals surface area contributed by atoms with Gasteiger partial charge in [-0.25, -0.2) is 4.39 Å². The second-order valence-corrected chi connectivity index (χ2v) is 3.98. The molecule has 0 saturated carbocycles. The van der Waals surface area contributed by atoms with Crippen molar-refractivity contribution < 1.29 is 4.39 Å². The molecule has 0 radical (unpaired) electrons. The van der Waals surface area contributed by atoms with Gasteiger partial charge in [0.05, 0.1) is 0 Å². The van der Waals surface area contributed by atoms with Gasteiger partial charge in [-0.05, 0) is 43.8 Å². The summed E-state index contributed by atoms with van der Waals surface area (Å²) in [6.07, 6.45) is 0.866. The molecule has 0 aliphatic heterocycles. The van der Waals surface area contributed by atoms with Gasteiger partial charge >= 0.3 is 0 Å². The van der Waals surface area contributed by atoms with Crippen LogP contribution >= 0.6 is 0 Å². The van der Waals surface area contributed by atoms with E-state index in [1.807, 2.05) is 6.07 Å². The lowest BCUT2D eigenvalue weighted by Gasteiger charge is -2.20. The average molecular weight is 224 g/mol. The van der Waals surface area contributed by atoms with Crippen LogP contribution in [-0.2, 0) is 0 Å². The van der Waals surface area contributed by atoms with Crippen LogP contribution < -0.4 is 5.73 Å². The van der Waals surface area contributed by atoms with Crippen LogP contribution in [0.3, 0.4) is 0 Å². The number of hydrogen-bond donors (Lipinski definition) is 1. The molecule has 1 rings (SSSR count). The van der Waals surface area contributed by atoms with Gasteiger partial charge in [0.25, 0.3) is 0 Å². The summed E-state index contributed by atoms with van der Waals surface area (Å²) in [7, 11) is 0. The van der Waals surface area contributed by atoms with E-state index >= 15 is 0 Å². The van der Waals surface area contributed by atoms with Crippen molar-refractivity contribution in [2.45, 2.75) is 26.3 Å². The maximum atomic E-state index is 13.0. The molecule has 0 aromatic heterocycles. The Morgan fingerprint density at radius 3 is 2.56 bits per heavy atom. The molecule has 0 aliphatic carbocycles. The smallest absolute Gasteiger partial charge is 0.123 e. The minimum absolute atomic E-state index is 0.0729. The van der Waals surface area contributed by atoms with Crippen LogP contribution in [0.25, 0.3) is 0 Å². The highest BCUT2D eigenvalue weighted by atomic mass is 19.1. The Balaban J connectivity index is 2.49. The average Bonchev–Trinajstić information content (AvgIpc) is 2.30. The van der Waals surface area contributed by atoms with Crippen molar-refractivity contribution in [1.82, 2.24) is 4.90 Å². The maximum absolute atomic E-state index is 13.0. The van der Waals surface area contributed by atoms with Gasteiger partial charge in [-0.2, -0.15) is 0 Å². The maximum Gasteiger partial charge on any atom is 0.123 e. The largest absolute Gasteiger partial charge is 0.324 e. The molecule has 0 bridgehead atoms. The molecule has 0 saturated heterocycles. The molecule has 3 heteroatoms. The summed E-state index contributed by atoms with van der Waals surface area (Å²) in [6.45, 7) is 7.30. The van der Waals surface area contributed by atoms with Crippen molar-refractivity contribution in [2.24, 2.45) is 5.73 Å². The standard InChI is InChI=1S/C13H21FN2/c1-3-16(4-2)9-8-13(15)11-6-5-7-12(14)10-11/h5-7,10,13H,3-4,8-9,15H2,1-2H3. The van der Waals surface area contributed by atoms with E-state index in [0.29, 0.717) is 0 Å². The number of hydrogen-bond acceptors (Lipinski definition) is 2. The van der Waals surface area contributed by atoms with Crippen LogP contribution in [0.15, 0.2) is 24.3 Å². The summed E-state index contributed by atoms with van der Waals surface area (Å²) < 4.78 is 13.0. The summed E-state index contributed by atoms with van der Waals surface area (Å²) in [5.41, 5.74) is 6.91. The van der Waals surface area contributed by atoms with Gasteiger partial charge < -0.3 is 10.6 Å². The molecule has 0 spiro atoms. The quantitative estimate of drug-likeness (QED) is 0.804. The number of nitrogens with two attached hydrogens (primary N) is 1. The third kappa shape index (κ3) is 3.91. The van der Waals surface area contributed by atoms with Gasteiger partial charge in [0, 0.05) is 6.04 Å².